The van der Waals surface area contributed by atoms with Crippen molar-refractivity contribution in [3.63, 3.8) is 0 Å². The highest BCUT2D eigenvalue weighted by atomic mass is 16.2. The molecule has 1 aromatic rings. The largest absolute Gasteiger partial charge is 0.340 e. The minimum atomic E-state index is 0.0451. The highest BCUT2D eigenvalue weighted by molar-refractivity contribution is 5.94. The van der Waals surface area contributed by atoms with Gasteiger partial charge in [0, 0.05) is 19.2 Å². The normalized spacial score (nSPS) is 14.7. The summed E-state index contributed by atoms with van der Waals surface area (Å²) in [5, 5.41) is 6.51. The van der Waals surface area contributed by atoms with Crippen molar-refractivity contribution in [1.82, 2.24) is 15.1 Å². The third-order valence-corrected chi connectivity index (χ3v) is 1.99. The van der Waals surface area contributed by atoms with E-state index in [1.807, 2.05) is 13.8 Å². The molecule has 4 nitrogen and oxygen atoms in total. The zero-order chi connectivity index (χ0) is 9.84. The van der Waals surface area contributed by atoms with Crippen LogP contribution >= 0.6 is 0 Å². The molecular formula is C9H15N3O. The topological polar surface area (TPSA) is 49.0 Å². The molecule has 0 radical (unpaired) electrons. The van der Waals surface area contributed by atoms with Crippen LogP contribution in [0.2, 0.25) is 0 Å². The molecule has 1 aliphatic rings. The minimum absolute atomic E-state index is 0.0451. The van der Waals surface area contributed by atoms with Crippen LogP contribution in [0.25, 0.3) is 0 Å². The van der Waals surface area contributed by atoms with Gasteiger partial charge in [-0.15, -0.1) is 0 Å². The number of rotatable bonds is 0. The van der Waals surface area contributed by atoms with Crippen LogP contribution in [0.1, 0.15) is 29.9 Å². The van der Waals surface area contributed by atoms with Gasteiger partial charge in [-0.25, -0.2) is 0 Å². The summed E-state index contributed by atoms with van der Waals surface area (Å²) >= 11 is 0. The lowest BCUT2D eigenvalue weighted by atomic mass is 10.1. The molecule has 1 aromatic heterocycles. The Kier molecular flexibility index (Phi) is 3.06. The van der Waals surface area contributed by atoms with E-state index in [4.69, 9.17) is 0 Å². The van der Waals surface area contributed by atoms with E-state index >= 15 is 0 Å². The van der Waals surface area contributed by atoms with Crippen molar-refractivity contribution in [2.45, 2.75) is 20.3 Å². The van der Waals surface area contributed by atoms with Gasteiger partial charge in [0.05, 0.1) is 6.20 Å². The maximum atomic E-state index is 11.3. The first-order chi connectivity index (χ1) is 6.29. The number of amides is 1. The number of carbonyl (C=O) groups excluding carboxylic acids is 1. The second kappa shape index (κ2) is 4.07. The van der Waals surface area contributed by atoms with Gasteiger partial charge in [-0.2, -0.15) is 5.10 Å². The summed E-state index contributed by atoms with van der Waals surface area (Å²) in [6.45, 7) is 4.80. The molecule has 0 bridgehead atoms. The fourth-order valence-corrected chi connectivity index (χ4v) is 1.27. The van der Waals surface area contributed by atoms with E-state index in [-0.39, 0.29) is 5.91 Å². The number of nitrogens with zero attached hydrogens (tertiary/aromatic N) is 2. The van der Waals surface area contributed by atoms with E-state index in [0.717, 1.165) is 18.5 Å². The van der Waals surface area contributed by atoms with Crippen LogP contribution in [0, 0.1) is 0 Å². The SMILES string of the molecule is CC.CN1CCc2cn[nH]c2C1=O. The standard InChI is InChI=1S/C7H9N3O.C2H6/c1-10-3-2-5-4-8-9-6(5)7(10)11;1-2/h4H,2-3H2,1H3,(H,8,9);1-2H3. The Morgan fingerprint density at radius 3 is 2.92 bits per heavy atom. The van der Waals surface area contributed by atoms with E-state index in [0.29, 0.717) is 5.69 Å². The maximum Gasteiger partial charge on any atom is 0.271 e. The molecule has 1 aliphatic heterocycles. The van der Waals surface area contributed by atoms with Gasteiger partial charge in [0.2, 0.25) is 0 Å². The number of hydrogen-bond acceptors (Lipinski definition) is 2. The van der Waals surface area contributed by atoms with Crippen molar-refractivity contribution < 1.29 is 4.79 Å². The van der Waals surface area contributed by atoms with Gasteiger partial charge in [0.1, 0.15) is 5.69 Å². The first-order valence-electron chi connectivity index (χ1n) is 4.57. The molecule has 4 heteroatoms. The van der Waals surface area contributed by atoms with Gasteiger partial charge >= 0.3 is 0 Å². The smallest absolute Gasteiger partial charge is 0.271 e. The molecule has 1 amide bonds. The predicted molar refractivity (Wildman–Crippen MR) is 50.6 cm³/mol. The molecule has 0 saturated carbocycles. The minimum Gasteiger partial charge on any atom is -0.340 e. The number of H-pyrrole nitrogens is 1. The van der Waals surface area contributed by atoms with Crippen LogP contribution in [-0.4, -0.2) is 34.6 Å². The molecule has 0 spiro atoms. The molecule has 13 heavy (non-hydrogen) atoms. The fourth-order valence-electron chi connectivity index (χ4n) is 1.27. The zero-order valence-electron chi connectivity index (χ0n) is 8.29. The van der Waals surface area contributed by atoms with E-state index in [9.17, 15) is 4.79 Å². The van der Waals surface area contributed by atoms with Crippen molar-refractivity contribution in [3.05, 3.63) is 17.5 Å². The number of likely N-dealkylation sites (N-methyl/N-ethyl adjacent to an activating group) is 1. The number of aromatic amines is 1. The van der Waals surface area contributed by atoms with Crippen molar-refractivity contribution >= 4 is 5.91 Å². The summed E-state index contributed by atoms with van der Waals surface area (Å²) in [7, 11) is 1.80. The van der Waals surface area contributed by atoms with Gasteiger partial charge in [-0.05, 0) is 6.42 Å². The van der Waals surface area contributed by atoms with E-state index < -0.39 is 0 Å². The Hall–Kier alpha value is -1.32. The average Bonchev–Trinajstić information content (AvgIpc) is 2.63. The lowest BCUT2D eigenvalue weighted by Gasteiger charge is -2.21. The van der Waals surface area contributed by atoms with Crippen LogP contribution in [0.4, 0.5) is 0 Å². The third kappa shape index (κ3) is 1.71. The first kappa shape index (κ1) is 9.77. The number of aromatic nitrogens is 2. The van der Waals surface area contributed by atoms with Crippen LogP contribution in [0.5, 0.6) is 0 Å². The molecular weight excluding hydrogens is 166 g/mol. The molecule has 0 saturated heterocycles. The number of fused-ring (bicyclic) bond motifs is 1. The van der Waals surface area contributed by atoms with Crippen molar-refractivity contribution in [1.29, 1.82) is 0 Å². The van der Waals surface area contributed by atoms with Crippen LogP contribution in [-0.2, 0) is 6.42 Å². The molecule has 2 rings (SSSR count). The molecule has 0 aliphatic carbocycles. The van der Waals surface area contributed by atoms with Crippen molar-refractivity contribution in [2.24, 2.45) is 0 Å². The maximum absolute atomic E-state index is 11.3. The van der Waals surface area contributed by atoms with Crippen LogP contribution in [0.15, 0.2) is 6.20 Å². The molecule has 2 heterocycles. The summed E-state index contributed by atoms with van der Waals surface area (Å²) in [5.41, 5.74) is 1.69. The van der Waals surface area contributed by atoms with Gasteiger partial charge in [-0.3, -0.25) is 9.89 Å². The first-order valence-corrected chi connectivity index (χ1v) is 4.57. The quantitative estimate of drug-likeness (QED) is 0.650. The summed E-state index contributed by atoms with van der Waals surface area (Å²) < 4.78 is 0. The van der Waals surface area contributed by atoms with E-state index in [1.54, 1.807) is 18.1 Å². The van der Waals surface area contributed by atoms with E-state index in [1.165, 1.54) is 0 Å². The highest BCUT2D eigenvalue weighted by Gasteiger charge is 2.22. The second-order valence-electron chi connectivity index (χ2n) is 2.75. The fraction of sp³-hybridized carbons (Fsp3) is 0.556. The Morgan fingerprint density at radius 2 is 2.23 bits per heavy atom. The van der Waals surface area contributed by atoms with Crippen molar-refractivity contribution in [2.75, 3.05) is 13.6 Å². The third-order valence-electron chi connectivity index (χ3n) is 1.99. The average molecular weight is 181 g/mol. The van der Waals surface area contributed by atoms with E-state index in [2.05, 4.69) is 10.2 Å². The van der Waals surface area contributed by atoms with Gasteiger partial charge in [0.25, 0.3) is 5.91 Å². The molecule has 0 unspecified atom stereocenters. The second-order valence-corrected chi connectivity index (χ2v) is 2.75. The molecule has 1 N–H and O–H groups in total. The lowest BCUT2D eigenvalue weighted by molar-refractivity contribution is 0.0775. The van der Waals surface area contributed by atoms with Gasteiger partial charge in [-0.1, -0.05) is 13.8 Å². The number of carbonyl (C=O) groups is 1. The number of nitrogens with one attached hydrogen (secondary N) is 1. The number of hydrogen-bond donors (Lipinski definition) is 1. The molecule has 0 fully saturated rings. The summed E-state index contributed by atoms with van der Waals surface area (Å²) in [4.78, 5) is 13.0. The Morgan fingerprint density at radius 1 is 1.54 bits per heavy atom. The Labute approximate surface area is 77.9 Å². The highest BCUT2D eigenvalue weighted by Crippen LogP contribution is 2.13. The van der Waals surface area contributed by atoms with Gasteiger partial charge in [0.15, 0.2) is 0 Å². The predicted octanol–water partition coefficient (Wildman–Crippen LogP) is 1.06. The Bertz CT molecular complexity index is 293. The summed E-state index contributed by atoms with van der Waals surface area (Å²) in [6, 6.07) is 0. The van der Waals surface area contributed by atoms with Crippen LogP contribution in [0.3, 0.4) is 0 Å². The van der Waals surface area contributed by atoms with Crippen molar-refractivity contribution in [3.8, 4) is 0 Å². The molecule has 0 atom stereocenters. The monoisotopic (exact) mass is 181 g/mol. The Balaban J connectivity index is 0.000000396. The molecule has 0 aromatic carbocycles. The molecule has 72 valence electrons. The summed E-state index contributed by atoms with van der Waals surface area (Å²) in [6.07, 6.45) is 2.63. The van der Waals surface area contributed by atoms with Crippen LogP contribution < -0.4 is 0 Å². The lowest BCUT2D eigenvalue weighted by Crippen LogP contribution is -2.33. The van der Waals surface area contributed by atoms with Gasteiger partial charge < -0.3 is 4.90 Å². The summed E-state index contributed by atoms with van der Waals surface area (Å²) in [5.74, 6) is 0.0451. The zero-order valence-corrected chi connectivity index (χ0v) is 8.29.